The number of fused-ring (bicyclic) bond motifs is 7. The van der Waals surface area contributed by atoms with E-state index in [2.05, 4.69) is 82.6 Å². The van der Waals surface area contributed by atoms with Gasteiger partial charge in [-0.05, 0) is 207 Å². The Hall–Kier alpha value is -10.3. The Kier molecular flexibility index (Phi) is 28.6. The number of nitrogens with zero attached hydrogens (tertiary/aromatic N) is 7. The Labute approximate surface area is 574 Å². The molecule has 0 aliphatic carbocycles. The van der Waals surface area contributed by atoms with Crippen LogP contribution >= 0.6 is 0 Å². The first-order chi connectivity index (χ1) is 48.0. The number of hydrogen-bond acceptors (Lipinski definition) is 6. The number of rotatable bonds is 15. The van der Waals surface area contributed by atoms with Crippen LogP contribution in [0.1, 0.15) is 134 Å². The van der Waals surface area contributed by atoms with E-state index in [1.165, 1.54) is 78.4 Å². The van der Waals surface area contributed by atoms with E-state index in [1.807, 2.05) is 84.8 Å². The van der Waals surface area contributed by atoms with Crippen LogP contribution in [0.5, 0.6) is 5.88 Å². The highest BCUT2D eigenvalue weighted by Gasteiger charge is 2.19. The molecule has 1 atom stereocenters. The van der Waals surface area contributed by atoms with E-state index >= 15 is 0 Å². The van der Waals surface area contributed by atoms with Crippen LogP contribution in [-0.4, -0.2) is 53.8 Å². The molecule has 514 valence electrons. The first-order valence-corrected chi connectivity index (χ1v) is 33.7. The number of aliphatic imine (C=N–C) groups is 1. The van der Waals surface area contributed by atoms with Crippen LogP contribution in [0.25, 0.3) is 71.2 Å². The predicted molar refractivity (Wildman–Crippen MR) is 391 cm³/mol. The van der Waals surface area contributed by atoms with Gasteiger partial charge in [0.2, 0.25) is 5.88 Å². The van der Waals surface area contributed by atoms with E-state index in [4.69, 9.17) is 9.47 Å². The summed E-state index contributed by atoms with van der Waals surface area (Å²) in [6, 6.07) is 45.1. The van der Waals surface area contributed by atoms with Crippen molar-refractivity contribution < 1.29 is 40.2 Å². The van der Waals surface area contributed by atoms with Gasteiger partial charge >= 0.3 is 0 Å². The Morgan fingerprint density at radius 3 is 1.69 bits per heavy atom. The van der Waals surface area contributed by atoms with Crippen LogP contribution in [0.2, 0.25) is 0 Å². The van der Waals surface area contributed by atoms with E-state index in [9.17, 15) is 30.7 Å². The predicted octanol–water partition coefficient (Wildman–Crippen LogP) is 22.4. The third-order valence-electron chi connectivity index (χ3n) is 15.8. The van der Waals surface area contributed by atoms with Crippen molar-refractivity contribution in [3.63, 3.8) is 0 Å². The van der Waals surface area contributed by atoms with Crippen molar-refractivity contribution >= 4 is 77.4 Å². The molecule has 14 rings (SSSR count). The second kappa shape index (κ2) is 38.0. The molecule has 10 nitrogen and oxygen atoms in total. The maximum Gasteiger partial charge on any atom is 0.240 e. The molecule has 0 amide bonds. The van der Waals surface area contributed by atoms with Gasteiger partial charge in [0.1, 0.15) is 40.7 Å². The smallest absolute Gasteiger partial charge is 0.240 e. The van der Waals surface area contributed by atoms with Gasteiger partial charge in [-0.15, -0.1) is 5.10 Å². The molecule has 0 bridgehead atoms. The van der Waals surface area contributed by atoms with E-state index in [-0.39, 0.29) is 46.9 Å². The average molecular weight is 1350 g/mol. The first kappa shape index (κ1) is 74.5. The zero-order valence-corrected chi connectivity index (χ0v) is 57.4. The summed E-state index contributed by atoms with van der Waals surface area (Å²) in [6.07, 6.45) is 19.5. The van der Waals surface area contributed by atoms with Gasteiger partial charge in [0, 0.05) is 77.9 Å². The zero-order chi connectivity index (χ0) is 70.6. The Morgan fingerprint density at radius 2 is 1.06 bits per heavy atom. The fourth-order valence-electron chi connectivity index (χ4n) is 10.7. The highest BCUT2D eigenvalue weighted by molar-refractivity contribution is 5.87. The molecule has 5 heterocycles. The van der Waals surface area contributed by atoms with Gasteiger partial charge < -0.3 is 14.0 Å². The molecule has 0 spiro atoms. The molecular formula is C82H85F7N8O2. The van der Waals surface area contributed by atoms with Crippen molar-refractivity contribution in [2.75, 3.05) is 13.2 Å². The molecule has 1 aliphatic rings. The molecule has 0 saturated carbocycles. The van der Waals surface area contributed by atoms with E-state index in [0.29, 0.717) is 24.5 Å². The maximum absolute atomic E-state index is 13.1. The van der Waals surface area contributed by atoms with Gasteiger partial charge in [-0.2, -0.15) is 10.2 Å². The number of unbranched alkanes of at least 4 members (excludes halogenated alkanes) is 3. The van der Waals surface area contributed by atoms with Crippen LogP contribution in [0.15, 0.2) is 193 Å². The molecule has 17 heteroatoms. The average Bonchev–Trinajstić information content (AvgIpc) is 1.71. The van der Waals surface area contributed by atoms with Gasteiger partial charge in [0.15, 0.2) is 6.23 Å². The second-order valence-corrected chi connectivity index (χ2v) is 23.4. The Bertz CT molecular complexity index is 4780. The number of nitrogens with one attached hydrogen (secondary N) is 1. The minimum atomic E-state index is -0.303. The molecule has 9 aromatic carbocycles. The Morgan fingerprint density at radius 1 is 0.515 bits per heavy atom. The molecule has 13 aromatic rings. The minimum Gasteiger partial charge on any atom is -0.476 e. The van der Waals surface area contributed by atoms with Crippen molar-refractivity contribution in [3.05, 3.63) is 257 Å². The lowest BCUT2D eigenvalue weighted by molar-refractivity contribution is 0.0593. The standard InChI is InChI=1S/C14H11F.C13H16FN.C13H11F.C12H14FNO.C11H13FN2.C10H11FN2.C9H9FN2O/c1-2-3-4-11-5-6-12-7-8-14(15)10-13(12)9-11;1-3-4-7-15-9-10(2)12-6-5-11(14)8-13(12)15;1-2-3-10-4-5-11-6-7-13(14)9-12(11)8-10;1-2-3-6-15-12-11-7-10(13)5-4-9(11)8-14-12;1-2-3-6-14-11-7-10(12)5-4-9(11)8-13-14;1-2-5-13-10-6-9(11)4-3-8(10)7-12-13;1-2-13-9-7-5-6(10)3-4-8(7)11-12-9/h5-10H,2H2,1H3;5-6,8-9H,3-4,7H2,1-2H3;2-9H,1H3;4-5,7-8,12H,2-3,6H2,1H3;4-5,7-8H,2-3,6H2,1H3;3-4,6-7H,2,5H2,1H3;3-5H,2H2,1H3,(H,11,12)/b;;3-2+;;;;. The van der Waals surface area contributed by atoms with Crippen molar-refractivity contribution in [1.82, 2.24) is 34.3 Å². The summed E-state index contributed by atoms with van der Waals surface area (Å²) < 4.78 is 107. The third kappa shape index (κ3) is 21.6. The lowest BCUT2D eigenvalue weighted by atomic mass is 10.1. The SMILES string of the molecule is C/C=C/c1ccc2ccc(F)cc2c1.CCC#Cc1ccc2ccc(F)cc2c1.CCCCOC1N=Cc2ccc(F)cc21.CCCCn1cc(C)c2ccc(F)cc21.CCCCn1ncc2ccc(F)cc21.CCCn1ncc2ccc(F)cc21.CCOc1n[nH]c2ccc(F)cc12. The van der Waals surface area contributed by atoms with Crippen LogP contribution in [0.3, 0.4) is 0 Å². The van der Waals surface area contributed by atoms with Crippen LogP contribution in [-0.2, 0) is 24.4 Å². The summed E-state index contributed by atoms with van der Waals surface area (Å²) in [5, 5.41) is 22.9. The molecule has 1 aliphatic heterocycles. The number of H-pyrrole nitrogens is 1. The maximum atomic E-state index is 13.1. The summed E-state index contributed by atoms with van der Waals surface area (Å²) in [5.41, 5.74) is 8.62. The van der Waals surface area contributed by atoms with Crippen LogP contribution in [0.4, 0.5) is 30.7 Å². The molecule has 0 radical (unpaired) electrons. The minimum absolute atomic E-state index is 0.154. The van der Waals surface area contributed by atoms with E-state index < -0.39 is 0 Å². The van der Waals surface area contributed by atoms with Crippen molar-refractivity contribution in [2.45, 2.75) is 133 Å². The summed E-state index contributed by atoms with van der Waals surface area (Å²) in [7, 11) is 0. The van der Waals surface area contributed by atoms with Gasteiger partial charge in [-0.3, -0.25) is 19.5 Å². The normalized spacial score (nSPS) is 11.9. The number of halogens is 7. The number of aromatic amines is 1. The van der Waals surface area contributed by atoms with Crippen LogP contribution in [0, 0.1) is 59.5 Å². The van der Waals surface area contributed by atoms with E-state index in [0.717, 1.165) is 153 Å². The monoisotopic (exact) mass is 1350 g/mol. The fourth-order valence-corrected chi connectivity index (χ4v) is 10.7. The number of hydrogen-bond donors (Lipinski definition) is 1. The molecule has 4 aromatic heterocycles. The molecule has 99 heavy (non-hydrogen) atoms. The largest absolute Gasteiger partial charge is 0.476 e. The topological polar surface area (TPSA) is 100 Å². The quantitative estimate of drug-likeness (QED) is 0.0626. The molecule has 0 saturated heterocycles. The lowest BCUT2D eigenvalue weighted by Gasteiger charge is -2.10. The van der Waals surface area contributed by atoms with Crippen molar-refractivity contribution in [3.8, 4) is 17.7 Å². The van der Waals surface area contributed by atoms with Crippen molar-refractivity contribution in [1.29, 1.82) is 0 Å². The van der Waals surface area contributed by atoms with Crippen molar-refractivity contribution in [2.24, 2.45) is 4.99 Å². The first-order valence-electron chi connectivity index (χ1n) is 33.7. The molecular weight excluding hydrogens is 1260 g/mol. The van der Waals surface area contributed by atoms with Gasteiger partial charge in [-0.1, -0.05) is 114 Å². The number of aryl methyl sites for hydroxylation is 4. The molecule has 1 N–H and O–H groups in total. The fraction of sp³-hybridized carbons (Fsp3) is 0.268. The zero-order valence-electron chi connectivity index (χ0n) is 57.4. The van der Waals surface area contributed by atoms with Gasteiger partial charge in [0.25, 0.3) is 0 Å². The molecule has 0 fully saturated rings. The highest BCUT2D eigenvalue weighted by Crippen LogP contribution is 2.29. The van der Waals surface area contributed by atoms with Gasteiger partial charge in [0.05, 0.1) is 46.5 Å². The summed E-state index contributed by atoms with van der Waals surface area (Å²) in [6.45, 7) is 20.3. The second-order valence-electron chi connectivity index (χ2n) is 23.4. The molecule has 1 unspecified atom stereocenters. The number of allylic oxidation sites excluding steroid dienone is 1. The van der Waals surface area contributed by atoms with E-state index in [1.54, 1.807) is 67.1 Å². The Balaban J connectivity index is 0.000000147. The number of ether oxygens (including phenoxy) is 2. The third-order valence-corrected chi connectivity index (χ3v) is 15.8. The number of aromatic nitrogens is 7. The summed E-state index contributed by atoms with van der Waals surface area (Å²) in [4.78, 5) is 4.20. The lowest BCUT2D eigenvalue weighted by Crippen LogP contribution is -2.01. The van der Waals surface area contributed by atoms with Crippen LogP contribution < -0.4 is 4.74 Å². The van der Waals surface area contributed by atoms with Gasteiger partial charge in [-0.25, -0.2) is 30.7 Å². The summed E-state index contributed by atoms with van der Waals surface area (Å²) >= 11 is 0. The highest BCUT2D eigenvalue weighted by atomic mass is 19.2. The number of benzene rings is 9. The summed E-state index contributed by atoms with van der Waals surface area (Å²) in [5.74, 6) is 5.03.